The van der Waals surface area contributed by atoms with E-state index in [1.807, 2.05) is 18.0 Å². The number of aromatic nitrogens is 1. The van der Waals surface area contributed by atoms with Crippen LogP contribution in [0.1, 0.15) is 0 Å². The van der Waals surface area contributed by atoms with Crippen LogP contribution in [0.2, 0.25) is 5.15 Å². The third kappa shape index (κ3) is 2.54. The van der Waals surface area contributed by atoms with E-state index in [1.165, 1.54) is 0 Å². The van der Waals surface area contributed by atoms with Crippen molar-refractivity contribution in [2.75, 3.05) is 19.0 Å². The summed E-state index contributed by atoms with van der Waals surface area (Å²) in [6.07, 6.45) is 1.67. The van der Waals surface area contributed by atoms with E-state index in [2.05, 4.69) is 10.3 Å². The molecule has 1 heterocycles. The molecule has 0 amide bonds. The molecule has 0 atom stereocenters. The summed E-state index contributed by atoms with van der Waals surface area (Å²) in [6, 6.07) is 3.59. The fourth-order valence-corrected chi connectivity index (χ4v) is 1.07. The molecule has 0 bridgehead atoms. The molecule has 1 N–H and O–H groups in total. The van der Waals surface area contributed by atoms with Crippen molar-refractivity contribution in [1.82, 2.24) is 10.3 Å². The van der Waals surface area contributed by atoms with Crippen molar-refractivity contribution in [3.05, 3.63) is 23.5 Å². The van der Waals surface area contributed by atoms with E-state index in [0.29, 0.717) is 10.3 Å². The number of pyridine rings is 1. The van der Waals surface area contributed by atoms with Crippen molar-refractivity contribution in [3.63, 3.8) is 0 Å². The van der Waals surface area contributed by atoms with Crippen LogP contribution in [0, 0.1) is 0 Å². The summed E-state index contributed by atoms with van der Waals surface area (Å²) in [5.41, 5.74) is 0.906. The Morgan fingerprint density at radius 1 is 1.62 bits per heavy atom. The number of thiocarbonyl (C=S) groups is 1. The molecule has 0 aliphatic heterocycles. The smallest absolute Gasteiger partial charge is 0.172 e. The molecule has 13 heavy (non-hydrogen) atoms. The number of anilines is 1. The van der Waals surface area contributed by atoms with Gasteiger partial charge < -0.3 is 10.2 Å². The van der Waals surface area contributed by atoms with Crippen LogP contribution in [0.3, 0.4) is 0 Å². The van der Waals surface area contributed by atoms with Crippen molar-refractivity contribution in [2.24, 2.45) is 0 Å². The van der Waals surface area contributed by atoms with Gasteiger partial charge in [0.1, 0.15) is 5.15 Å². The van der Waals surface area contributed by atoms with Gasteiger partial charge in [-0.2, -0.15) is 0 Å². The van der Waals surface area contributed by atoms with Gasteiger partial charge in [-0.05, 0) is 24.4 Å². The van der Waals surface area contributed by atoms with Gasteiger partial charge >= 0.3 is 0 Å². The zero-order valence-electron chi connectivity index (χ0n) is 7.41. The fraction of sp³-hybridized carbons (Fsp3) is 0.250. The number of nitrogens with zero attached hydrogens (tertiary/aromatic N) is 2. The first-order chi connectivity index (χ1) is 6.15. The molecule has 0 aromatic carbocycles. The molecule has 0 fully saturated rings. The minimum Gasteiger partial charge on any atom is -0.365 e. The minimum absolute atomic E-state index is 0.479. The Kier molecular flexibility index (Phi) is 3.45. The molecule has 0 radical (unpaired) electrons. The highest BCUT2D eigenvalue weighted by Gasteiger charge is 2.04. The second-order valence-electron chi connectivity index (χ2n) is 2.45. The van der Waals surface area contributed by atoms with Gasteiger partial charge in [-0.1, -0.05) is 11.6 Å². The average molecular weight is 216 g/mol. The number of hydrogen-bond donors (Lipinski definition) is 1. The molecular weight excluding hydrogens is 206 g/mol. The molecule has 0 saturated heterocycles. The summed E-state index contributed by atoms with van der Waals surface area (Å²) in [6.45, 7) is 0. The summed E-state index contributed by atoms with van der Waals surface area (Å²) in [5, 5.41) is 4.00. The highest BCUT2D eigenvalue weighted by molar-refractivity contribution is 7.80. The molecule has 3 nitrogen and oxygen atoms in total. The highest BCUT2D eigenvalue weighted by atomic mass is 35.5. The Labute approximate surface area is 87.7 Å². The third-order valence-electron chi connectivity index (χ3n) is 1.62. The summed E-state index contributed by atoms with van der Waals surface area (Å²) in [4.78, 5) is 5.77. The van der Waals surface area contributed by atoms with E-state index in [0.717, 1.165) is 5.69 Å². The molecule has 0 aliphatic carbocycles. The Balaban J connectivity index is 2.83. The maximum atomic E-state index is 5.65. The van der Waals surface area contributed by atoms with E-state index in [1.54, 1.807) is 19.3 Å². The van der Waals surface area contributed by atoms with Crippen LogP contribution in [0.25, 0.3) is 0 Å². The molecule has 0 spiro atoms. The van der Waals surface area contributed by atoms with E-state index in [9.17, 15) is 0 Å². The van der Waals surface area contributed by atoms with Crippen LogP contribution < -0.4 is 10.2 Å². The maximum Gasteiger partial charge on any atom is 0.172 e. The van der Waals surface area contributed by atoms with Gasteiger partial charge in [0.05, 0.1) is 11.9 Å². The lowest BCUT2D eigenvalue weighted by atomic mass is 10.4. The van der Waals surface area contributed by atoms with Crippen molar-refractivity contribution in [1.29, 1.82) is 0 Å². The van der Waals surface area contributed by atoms with Crippen molar-refractivity contribution in [2.45, 2.75) is 0 Å². The van der Waals surface area contributed by atoms with Gasteiger partial charge in [0, 0.05) is 14.1 Å². The number of rotatable bonds is 1. The average Bonchev–Trinajstić information content (AvgIpc) is 2.17. The fourth-order valence-electron chi connectivity index (χ4n) is 0.851. The Hall–Kier alpha value is -0.870. The zero-order valence-corrected chi connectivity index (χ0v) is 8.99. The van der Waals surface area contributed by atoms with Crippen LogP contribution in [0.15, 0.2) is 18.3 Å². The van der Waals surface area contributed by atoms with Crippen LogP contribution in [0.5, 0.6) is 0 Å². The molecule has 0 saturated carbocycles. The SMILES string of the molecule is CNC(=S)N(C)c1ccc(Cl)nc1. The summed E-state index contributed by atoms with van der Waals surface area (Å²) in [5.74, 6) is 0. The lowest BCUT2D eigenvalue weighted by molar-refractivity contribution is 1.11. The quantitative estimate of drug-likeness (QED) is 0.570. The minimum atomic E-state index is 0.479. The number of nitrogens with one attached hydrogen (secondary N) is 1. The Bertz CT molecular complexity index is 299. The molecular formula is C8H10ClN3S. The molecule has 70 valence electrons. The molecule has 0 unspecified atom stereocenters. The van der Waals surface area contributed by atoms with Crippen LogP contribution >= 0.6 is 23.8 Å². The van der Waals surface area contributed by atoms with Crippen molar-refractivity contribution in [3.8, 4) is 0 Å². The standard InChI is InChI=1S/C8H10ClN3S/c1-10-8(13)12(2)6-3-4-7(9)11-5-6/h3-5H,1-2H3,(H,10,13). The summed E-state index contributed by atoms with van der Waals surface area (Å²) in [7, 11) is 3.64. The van der Waals surface area contributed by atoms with E-state index in [4.69, 9.17) is 23.8 Å². The van der Waals surface area contributed by atoms with Gasteiger partial charge in [-0.15, -0.1) is 0 Å². The predicted molar refractivity (Wildman–Crippen MR) is 59.3 cm³/mol. The molecule has 0 aliphatic rings. The second-order valence-corrected chi connectivity index (χ2v) is 3.23. The largest absolute Gasteiger partial charge is 0.365 e. The van der Waals surface area contributed by atoms with Gasteiger partial charge in [-0.25, -0.2) is 4.98 Å². The normalized spacial score (nSPS) is 9.46. The van der Waals surface area contributed by atoms with Crippen molar-refractivity contribution >= 4 is 34.6 Å². The summed E-state index contributed by atoms with van der Waals surface area (Å²) >= 11 is 10.7. The monoisotopic (exact) mass is 215 g/mol. The predicted octanol–water partition coefficient (Wildman–Crippen LogP) is 1.68. The lowest BCUT2D eigenvalue weighted by Gasteiger charge is -2.18. The molecule has 5 heteroatoms. The first-order valence-corrected chi connectivity index (χ1v) is 4.50. The highest BCUT2D eigenvalue weighted by Crippen LogP contribution is 2.13. The first-order valence-electron chi connectivity index (χ1n) is 3.72. The van der Waals surface area contributed by atoms with E-state index >= 15 is 0 Å². The van der Waals surface area contributed by atoms with Crippen molar-refractivity contribution < 1.29 is 0 Å². The van der Waals surface area contributed by atoms with Gasteiger partial charge in [0.2, 0.25) is 0 Å². The Morgan fingerprint density at radius 3 is 2.77 bits per heavy atom. The molecule has 1 aromatic rings. The number of hydrogen-bond acceptors (Lipinski definition) is 2. The maximum absolute atomic E-state index is 5.65. The topological polar surface area (TPSA) is 28.2 Å². The zero-order chi connectivity index (χ0) is 9.84. The van der Waals surface area contributed by atoms with Crippen LogP contribution in [-0.2, 0) is 0 Å². The third-order valence-corrected chi connectivity index (χ3v) is 2.32. The molecule has 1 rings (SSSR count). The van der Waals surface area contributed by atoms with Gasteiger partial charge in [0.25, 0.3) is 0 Å². The van der Waals surface area contributed by atoms with Gasteiger partial charge in [0.15, 0.2) is 5.11 Å². The van der Waals surface area contributed by atoms with Crippen LogP contribution in [-0.4, -0.2) is 24.2 Å². The van der Waals surface area contributed by atoms with Gasteiger partial charge in [-0.3, -0.25) is 0 Å². The number of halogens is 1. The Morgan fingerprint density at radius 2 is 2.31 bits per heavy atom. The second kappa shape index (κ2) is 4.39. The van der Waals surface area contributed by atoms with E-state index < -0.39 is 0 Å². The lowest BCUT2D eigenvalue weighted by Crippen LogP contribution is -2.34. The van der Waals surface area contributed by atoms with Crippen LogP contribution in [0.4, 0.5) is 5.69 Å². The van der Waals surface area contributed by atoms with E-state index in [-0.39, 0.29) is 0 Å². The summed E-state index contributed by atoms with van der Waals surface area (Å²) < 4.78 is 0. The first kappa shape index (κ1) is 10.2. The molecule has 1 aromatic heterocycles.